The maximum absolute atomic E-state index is 5.25. The molecule has 0 aromatic rings. The van der Waals surface area contributed by atoms with Crippen LogP contribution in [0.2, 0.25) is 0 Å². The molecular weight excluding hydrogens is 380 g/mol. The third kappa shape index (κ3) is 19.3. The molecule has 1 nitrogen and oxygen atoms in total. The van der Waals surface area contributed by atoms with Gasteiger partial charge in [0.25, 0.3) is 0 Å². The smallest absolute Gasteiger partial charge is 2.00 e. The molecule has 0 bridgehead atoms. The average Bonchev–Trinajstić information content (AvgIpc) is 2.43. The Morgan fingerprint density at radius 1 is 0.727 bits per heavy atom. The first kappa shape index (κ1) is 28.0. The molecule has 0 atom stereocenters. The molecule has 0 aromatic heterocycles. The Hall–Kier alpha value is 1.21. The number of hydrogen-bond acceptors (Lipinski definition) is 1. The van der Waals surface area contributed by atoms with Crippen molar-refractivity contribution in [2.75, 3.05) is 13.1 Å². The number of hydrogen-bond donors (Lipinski definition) is 1. The molecule has 0 rings (SSSR count). The van der Waals surface area contributed by atoms with Crippen LogP contribution >= 0.6 is 24.8 Å². The van der Waals surface area contributed by atoms with Gasteiger partial charge in [-0.3, -0.25) is 0 Å². The van der Waals surface area contributed by atoms with Crippen LogP contribution < -0.4 is 0 Å². The second kappa shape index (κ2) is 22.2. The SMILES string of the molecule is CCCCCCCCN(CCCCCCCC)C(=S)S.[S-2].[Zn+2]. The van der Waals surface area contributed by atoms with Gasteiger partial charge in [-0.25, -0.2) is 0 Å². The molecule has 0 unspecified atom stereocenters. The Balaban J connectivity index is -0.00000180. The van der Waals surface area contributed by atoms with Crippen molar-refractivity contribution in [3.8, 4) is 0 Å². The van der Waals surface area contributed by atoms with Crippen LogP contribution in [0.25, 0.3) is 0 Å². The molecule has 0 aromatic carbocycles. The molecule has 22 heavy (non-hydrogen) atoms. The molecule has 0 saturated carbocycles. The van der Waals surface area contributed by atoms with Gasteiger partial charge in [0, 0.05) is 13.1 Å². The van der Waals surface area contributed by atoms with Crippen LogP contribution in [0.5, 0.6) is 0 Å². The van der Waals surface area contributed by atoms with Crippen LogP contribution in [0.15, 0.2) is 0 Å². The third-order valence-corrected chi connectivity index (χ3v) is 4.37. The van der Waals surface area contributed by atoms with Gasteiger partial charge in [-0.05, 0) is 12.8 Å². The zero-order valence-electron chi connectivity index (χ0n) is 14.8. The minimum Gasteiger partial charge on any atom is -2.00 e. The fourth-order valence-electron chi connectivity index (χ4n) is 2.47. The second-order valence-corrected chi connectivity index (χ2v) is 6.92. The summed E-state index contributed by atoms with van der Waals surface area (Å²) in [6.45, 7) is 6.73. The van der Waals surface area contributed by atoms with E-state index in [0.717, 1.165) is 17.4 Å². The summed E-state index contributed by atoms with van der Waals surface area (Å²) in [5.74, 6) is 0. The largest absolute Gasteiger partial charge is 2.00 e. The van der Waals surface area contributed by atoms with Crippen molar-refractivity contribution < 1.29 is 19.5 Å². The Labute approximate surface area is 170 Å². The summed E-state index contributed by atoms with van der Waals surface area (Å²) in [5, 5.41) is 0. The molecular formula is C17H35NS3Zn. The van der Waals surface area contributed by atoms with E-state index in [9.17, 15) is 0 Å². The van der Waals surface area contributed by atoms with E-state index >= 15 is 0 Å². The summed E-state index contributed by atoms with van der Waals surface area (Å²) >= 11 is 9.61. The molecule has 0 fully saturated rings. The zero-order chi connectivity index (χ0) is 15.1. The van der Waals surface area contributed by atoms with Crippen molar-refractivity contribution >= 4 is 42.7 Å². The molecule has 0 N–H and O–H groups in total. The van der Waals surface area contributed by atoms with Gasteiger partial charge in [0.05, 0.1) is 0 Å². The van der Waals surface area contributed by atoms with Gasteiger partial charge in [0.1, 0.15) is 4.32 Å². The van der Waals surface area contributed by atoms with Crippen molar-refractivity contribution in [1.82, 2.24) is 4.90 Å². The number of nitrogens with zero attached hydrogens (tertiary/aromatic N) is 1. The second-order valence-electron chi connectivity index (χ2n) is 5.81. The van der Waals surface area contributed by atoms with Crippen LogP contribution in [0.1, 0.15) is 90.9 Å². The molecule has 0 amide bonds. The Morgan fingerprint density at radius 2 is 1.05 bits per heavy atom. The van der Waals surface area contributed by atoms with Crippen molar-refractivity contribution in [3.63, 3.8) is 0 Å². The quantitative estimate of drug-likeness (QED) is 0.155. The minimum atomic E-state index is 0. The van der Waals surface area contributed by atoms with E-state index in [1.54, 1.807) is 0 Å². The Morgan fingerprint density at radius 3 is 1.36 bits per heavy atom. The van der Waals surface area contributed by atoms with Crippen LogP contribution in [-0.2, 0) is 33.0 Å². The summed E-state index contributed by atoms with van der Waals surface area (Å²) in [7, 11) is 0. The van der Waals surface area contributed by atoms with Crippen molar-refractivity contribution in [3.05, 3.63) is 0 Å². The standard InChI is InChI=1S/C17H35NS2.S.Zn/c1-3-5-7-9-11-13-15-18(17(19)20)16-14-12-10-8-6-4-2;;/h3-16H2,1-2H3,(H,19,20);;/q;-2;+2. The van der Waals surface area contributed by atoms with E-state index < -0.39 is 0 Å². The monoisotopic (exact) mass is 413 g/mol. The minimum absolute atomic E-state index is 0. The fraction of sp³-hybridized carbons (Fsp3) is 0.941. The van der Waals surface area contributed by atoms with E-state index in [-0.39, 0.29) is 33.0 Å². The first-order valence-electron chi connectivity index (χ1n) is 8.70. The average molecular weight is 415 g/mol. The molecule has 0 radical (unpaired) electrons. The Bertz CT molecular complexity index is 212. The van der Waals surface area contributed by atoms with Gasteiger partial charge in [0.2, 0.25) is 0 Å². The van der Waals surface area contributed by atoms with E-state index in [1.807, 2.05) is 0 Å². The topological polar surface area (TPSA) is 3.24 Å². The predicted octanol–water partition coefficient (Wildman–Crippen LogP) is 6.22. The van der Waals surface area contributed by atoms with Crippen LogP contribution in [0.3, 0.4) is 0 Å². The molecule has 0 saturated heterocycles. The summed E-state index contributed by atoms with van der Waals surface area (Å²) in [4.78, 5) is 2.29. The van der Waals surface area contributed by atoms with Gasteiger partial charge in [-0.15, -0.1) is 12.6 Å². The van der Waals surface area contributed by atoms with Gasteiger partial charge in [-0.1, -0.05) is 90.3 Å². The van der Waals surface area contributed by atoms with E-state index in [2.05, 4.69) is 31.4 Å². The predicted molar refractivity (Wildman–Crippen MR) is 107 cm³/mol. The summed E-state index contributed by atoms with van der Waals surface area (Å²) < 4.78 is 0.784. The summed E-state index contributed by atoms with van der Waals surface area (Å²) in [6, 6.07) is 0. The van der Waals surface area contributed by atoms with E-state index in [4.69, 9.17) is 12.2 Å². The molecule has 0 heterocycles. The molecule has 5 heteroatoms. The van der Waals surface area contributed by atoms with Crippen molar-refractivity contribution in [2.24, 2.45) is 0 Å². The maximum atomic E-state index is 5.25. The van der Waals surface area contributed by atoms with Crippen molar-refractivity contribution in [2.45, 2.75) is 90.9 Å². The molecule has 0 aliphatic rings. The third-order valence-electron chi connectivity index (χ3n) is 3.83. The molecule has 128 valence electrons. The van der Waals surface area contributed by atoms with Crippen LogP contribution in [0.4, 0.5) is 0 Å². The van der Waals surface area contributed by atoms with E-state index in [0.29, 0.717) is 0 Å². The van der Waals surface area contributed by atoms with Crippen LogP contribution in [-0.4, -0.2) is 22.3 Å². The molecule has 0 aliphatic carbocycles. The number of thiocarbonyl (C=S) groups is 1. The molecule has 0 aliphatic heterocycles. The Kier molecular flexibility index (Phi) is 28.3. The zero-order valence-corrected chi connectivity index (χ0v) is 20.3. The first-order valence-corrected chi connectivity index (χ1v) is 9.55. The fourth-order valence-corrected chi connectivity index (χ4v) is 2.85. The molecule has 0 spiro atoms. The summed E-state index contributed by atoms with van der Waals surface area (Å²) in [6.07, 6.45) is 16.1. The maximum Gasteiger partial charge on any atom is 2.00 e. The number of unbranched alkanes of at least 4 members (excludes halogenated alkanes) is 10. The number of thiol groups is 1. The van der Waals surface area contributed by atoms with Crippen LogP contribution in [0, 0.1) is 0 Å². The number of rotatable bonds is 14. The van der Waals surface area contributed by atoms with Gasteiger partial charge in [0.15, 0.2) is 0 Å². The summed E-state index contributed by atoms with van der Waals surface area (Å²) in [5.41, 5.74) is 0. The first-order chi connectivity index (χ1) is 9.72. The van der Waals surface area contributed by atoms with Gasteiger partial charge < -0.3 is 18.4 Å². The van der Waals surface area contributed by atoms with Gasteiger partial charge in [-0.2, -0.15) is 0 Å². The van der Waals surface area contributed by atoms with Crippen molar-refractivity contribution in [1.29, 1.82) is 0 Å². The van der Waals surface area contributed by atoms with E-state index in [1.165, 1.54) is 77.0 Å². The normalized spacial score (nSPS) is 9.77. The van der Waals surface area contributed by atoms with Gasteiger partial charge >= 0.3 is 19.5 Å².